The van der Waals surface area contributed by atoms with Gasteiger partial charge >= 0.3 is 0 Å². The third-order valence-corrected chi connectivity index (χ3v) is 4.61. The fraction of sp³-hybridized carbons (Fsp3) is 0.250. The zero-order chi connectivity index (χ0) is 17.7. The second-order valence-electron chi connectivity index (χ2n) is 6.23. The maximum atomic E-state index is 14.0. The van der Waals surface area contributed by atoms with Gasteiger partial charge in [-0.05, 0) is 6.07 Å². The lowest BCUT2D eigenvalue weighted by atomic mass is 10.1. The number of alkyl halides is 1. The van der Waals surface area contributed by atoms with Crippen LogP contribution in [0.3, 0.4) is 0 Å². The normalized spacial score (nSPS) is 16.1. The van der Waals surface area contributed by atoms with E-state index in [1.165, 1.54) is 0 Å². The van der Waals surface area contributed by atoms with Gasteiger partial charge in [0.25, 0.3) is 0 Å². The van der Waals surface area contributed by atoms with E-state index in [0.29, 0.717) is 16.9 Å². The van der Waals surface area contributed by atoms with Crippen molar-refractivity contribution in [2.45, 2.75) is 5.67 Å². The second kappa shape index (κ2) is 5.61. The van der Waals surface area contributed by atoms with Crippen LogP contribution in [0.2, 0.25) is 5.15 Å². The summed E-state index contributed by atoms with van der Waals surface area (Å²) in [7, 11) is 0. The molecule has 0 aromatic carbocycles. The Morgan fingerprint density at radius 2 is 2.08 bits per heavy atom. The van der Waals surface area contributed by atoms with Crippen molar-refractivity contribution in [1.29, 1.82) is 0 Å². The maximum absolute atomic E-state index is 14.0. The molecule has 0 saturated carbocycles. The molecule has 5 rings (SSSR count). The first-order valence-corrected chi connectivity index (χ1v) is 8.33. The first-order valence-electron chi connectivity index (χ1n) is 7.95. The van der Waals surface area contributed by atoms with E-state index in [0.717, 1.165) is 16.6 Å². The minimum absolute atomic E-state index is 0.0994. The first-order chi connectivity index (χ1) is 12.6. The van der Waals surface area contributed by atoms with Gasteiger partial charge in [0.1, 0.15) is 5.15 Å². The average Bonchev–Trinajstić information content (AvgIpc) is 3.21. The number of nitrogens with one attached hydrogen (secondary N) is 1. The van der Waals surface area contributed by atoms with Gasteiger partial charge in [-0.25, -0.2) is 23.9 Å². The molecule has 26 heavy (non-hydrogen) atoms. The molecule has 10 heteroatoms. The summed E-state index contributed by atoms with van der Waals surface area (Å²) in [5.74, 6) is 0.889. The number of halogens is 2. The van der Waals surface area contributed by atoms with Crippen LogP contribution in [0.25, 0.3) is 22.4 Å². The molecule has 1 aliphatic heterocycles. The molecule has 0 radical (unpaired) electrons. The molecule has 0 aliphatic carbocycles. The summed E-state index contributed by atoms with van der Waals surface area (Å²) in [5.41, 5.74) is 1.23. The molecule has 0 unspecified atom stereocenters. The number of ether oxygens (including phenoxy) is 1. The van der Waals surface area contributed by atoms with E-state index >= 15 is 0 Å². The Bertz CT molecular complexity index is 1120. The standard InChI is InChI=1S/C16H13ClFN7O/c17-13-5-21-15-20-3-10(6-24(13)15)11-1-2-25-12(11)4-19-14(23-25)22-7-16(18)8-26-9-16/h1-6H,7-9H2,(H,22,23). The third kappa shape index (κ3) is 2.47. The Labute approximate surface area is 151 Å². The van der Waals surface area contributed by atoms with Crippen molar-refractivity contribution in [1.82, 2.24) is 29.0 Å². The maximum Gasteiger partial charge on any atom is 0.241 e. The molecule has 8 nitrogen and oxygen atoms in total. The van der Waals surface area contributed by atoms with Crippen LogP contribution in [0.1, 0.15) is 0 Å². The molecule has 1 saturated heterocycles. The largest absolute Gasteiger partial charge is 0.374 e. The van der Waals surface area contributed by atoms with Gasteiger partial charge in [-0.1, -0.05) is 11.6 Å². The molecule has 0 spiro atoms. The fourth-order valence-electron chi connectivity index (χ4n) is 2.87. The van der Waals surface area contributed by atoms with Gasteiger partial charge in [0.15, 0.2) is 5.67 Å². The lowest BCUT2D eigenvalue weighted by molar-refractivity contribution is -0.121. The molecule has 0 bridgehead atoms. The number of imidazole rings is 1. The highest BCUT2D eigenvalue weighted by Gasteiger charge is 2.38. The molecule has 4 aromatic rings. The summed E-state index contributed by atoms with van der Waals surface area (Å²) < 4.78 is 22.3. The van der Waals surface area contributed by atoms with E-state index in [1.807, 2.05) is 18.5 Å². The van der Waals surface area contributed by atoms with Crippen LogP contribution in [-0.4, -0.2) is 54.4 Å². The fourth-order valence-corrected chi connectivity index (χ4v) is 3.05. The summed E-state index contributed by atoms with van der Waals surface area (Å²) >= 11 is 6.12. The zero-order valence-corrected chi connectivity index (χ0v) is 14.2. The predicted octanol–water partition coefficient (Wildman–Crippen LogP) is 2.24. The minimum Gasteiger partial charge on any atom is -0.374 e. The highest BCUT2D eigenvalue weighted by Crippen LogP contribution is 2.26. The van der Waals surface area contributed by atoms with Crippen molar-refractivity contribution in [2.75, 3.05) is 25.1 Å². The highest BCUT2D eigenvalue weighted by atomic mass is 35.5. The molecular formula is C16H13ClFN7O. The Morgan fingerprint density at radius 3 is 2.88 bits per heavy atom. The van der Waals surface area contributed by atoms with Gasteiger partial charge < -0.3 is 10.1 Å². The number of hydrogen-bond donors (Lipinski definition) is 1. The van der Waals surface area contributed by atoms with Gasteiger partial charge in [0, 0.05) is 29.7 Å². The van der Waals surface area contributed by atoms with E-state index in [4.69, 9.17) is 16.3 Å². The summed E-state index contributed by atoms with van der Waals surface area (Å²) in [4.78, 5) is 12.7. The summed E-state index contributed by atoms with van der Waals surface area (Å²) in [5, 5.41) is 7.78. The second-order valence-corrected chi connectivity index (χ2v) is 6.62. The summed E-state index contributed by atoms with van der Waals surface area (Å²) in [6.07, 6.45) is 8.64. The Balaban J connectivity index is 1.47. The van der Waals surface area contributed by atoms with E-state index in [1.54, 1.807) is 27.5 Å². The van der Waals surface area contributed by atoms with Gasteiger partial charge in [-0.2, -0.15) is 0 Å². The van der Waals surface area contributed by atoms with Gasteiger partial charge in [-0.15, -0.1) is 5.10 Å². The van der Waals surface area contributed by atoms with E-state index < -0.39 is 5.67 Å². The molecule has 4 aromatic heterocycles. The Kier molecular flexibility index (Phi) is 3.34. The number of aromatic nitrogens is 6. The van der Waals surface area contributed by atoms with Crippen LogP contribution in [0.5, 0.6) is 0 Å². The molecule has 1 aliphatic rings. The Morgan fingerprint density at radius 1 is 1.23 bits per heavy atom. The summed E-state index contributed by atoms with van der Waals surface area (Å²) in [6.45, 7) is 0.316. The Hall–Kier alpha value is -2.78. The third-order valence-electron chi connectivity index (χ3n) is 4.33. The first kappa shape index (κ1) is 15.5. The van der Waals surface area contributed by atoms with Gasteiger partial charge in [0.2, 0.25) is 11.7 Å². The van der Waals surface area contributed by atoms with Crippen molar-refractivity contribution in [3.05, 3.63) is 42.2 Å². The highest BCUT2D eigenvalue weighted by molar-refractivity contribution is 6.29. The van der Waals surface area contributed by atoms with Crippen LogP contribution < -0.4 is 5.32 Å². The zero-order valence-electron chi connectivity index (χ0n) is 13.4. The van der Waals surface area contributed by atoms with Crippen molar-refractivity contribution < 1.29 is 9.13 Å². The minimum atomic E-state index is -1.34. The van der Waals surface area contributed by atoms with Crippen molar-refractivity contribution in [3.63, 3.8) is 0 Å². The lowest BCUT2D eigenvalue weighted by Gasteiger charge is -2.33. The molecule has 1 N–H and O–H groups in total. The number of hydrogen-bond acceptors (Lipinski definition) is 6. The van der Waals surface area contributed by atoms with Crippen molar-refractivity contribution >= 4 is 28.8 Å². The van der Waals surface area contributed by atoms with Crippen LogP contribution >= 0.6 is 11.6 Å². The SMILES string of the molecule is FC1(CNc2ncc3c(-c4cnc5ncc(Cl)n5c4)ccn3n2)COC1. The van der Waals surface area contributed by atoms with Crippen molar-refractivity contribution in [2.24, 2.45) is 0 Å². The van der Waals surface area contributed by atoms with Crippen LogP contribution in [-0.2, 0) is 4.74 Å². The van der Waals surface area contributed by atoms with Crippen LogP contribution in [0.15, 0.2) is 37.1 Å². The number of rotatable bonds is 4. The molecule has 0 atom stereocenters. The van der Waals surface area contributed by atoms with Crippen molar-refractivity contribution in [3.8, 4) is 11.1 Å². The van der Waals surface area contributed by atoms with Gasteiger partial charge in [0.05, 0.1) is 37.7 Å². The van der Waals surface area contributed by atoms with E-state index in [9.17, 15) is 4.39 Å². The quantitative estimate of drug-likeness (QED) is 0.591. The van der Waals surface area contributed by atoms with E-state index in [2.05, 4.69) is 25.4 Å². The summed E-state index contributed by atoms with van der Waals surface area (Å²) in [6, 6.07) is 1.91. The lowest BCUT2D eigenvalue weighted by Crippen LogP contribution is -2.50. The van der Waals surface area contributed by atoms with Crippen LogP contribution in [0.4, 0.5) is 10.3 Å². The number of anilines is 1. The molecule has 132 valence electrons. The molecule has 5 heterocycles. The monoisotopic (exact) mass is 373 g/mol. The number of fused-ring (bicyclic) bond motifs is 2. The topological polar surface area (TPSA) is 81.6 Å². The predicted molar refractivity (Wildman–Crippen MR) is 93.1 cm³/mol. The smallest absolute Gasteiger partial charge is 0.241 e. The van der Waals surface area contributed by atoms with Gasteiger partial charge in [-0.3, -0.25) is 4.40 Å². The molecule has 1 fully saturated rings. The van der Waals surface area contributed by atoms with Crippen LogP contribution in [0, 0.1) is 0 Å². The molecular weight excluding hydrogens is 361 g/mol. The number of nitrogens with zero attached hydrogens (tertiary/aromatic N) is 6. The van der Waals surface area contributed by atoms with E-state index in [-0.39, 0.29) is 19.8 Å². The average molecular weight is 374 g/mol. The molecule has 0 amide bonds.